The summed E-state index contributed by atoms with van der Waals surface area (Å²) in [5.41, 5.74) is 8.19. The number of nitrogens with one attached hydrogen (secondary N) is 1. The Hall–Kier alpha value is -3.34. The van der Waals surface area contributed by atoms with Crippen LogP contribution in [0.1, 0.15) is 29.5 Å². The van der Waals surface area contributed by atoms with Gasteiger partial charge in [0.15, 0.2) is 0 Å². The van der Waals surface area contributed by atoms with E-state index in [2.05, 4.69) is 0 Å². The number of ether oxygens (including phenoxy) is 2. The van der Waals surface area contributed by atoms with Crippen LogP contribution in [-0.4, -0.2) is 25.5 Å². The summed E-state index contributed by atoms with van der Waals surface area (Å²) in [5.74, 6) is 0.133. The molecular formula is C23H24N2O3. The summed E-state index contributed by atoms with van der Waals surface area (Å²) in [5, 5.41) is 9.68. The molecule has 0 saturated heterocycles. The number of fused-ring (bicyclic) bond motifs is 1. The van der Waals surface area contributed by atoms with Crippen molar-refractivity contribution in [2.45, 2.75) is 19.3 Å². The van der Waals surface area contributed by atoms with Gasteiger partial charge in [0.05, 0.1) is 19.6 Å². The second-order valence-electron chi connectivity index (χ2n) is 6.59. The zero-order valence-electron chi connectivity index (χ0n) is 16.1. The number of carbonyl (C=O) groups is 1. The molecule has 1 unspecified atom stereocenters. The van der Waals surface area contributed by atoms with E-state index in [4.69, 9.17) is 20.6 Å². The molecule has 1 atom stereocenters. The second kappa shape index (κ2) is 8.57. The summed E-state index contributed by atoms with van der Waals surface area (Å²) < 4.78 is 10.5. The van der Waals surface area contributed by atoms with E-state index >= 15 is 0 Å². The Balaban J connectivity index is 1.94. The van der Waals surface area contributed by atoms with Gasteiger partial charge in [0.1, 0.15) is 11.6 Å². The topological polar surface area (TPSA) is 85.4 Å². The number of nitrogens with two attached hydrogens (primary N) is 1. The van der Waals surface area contributed by atoms with Gasteiger partial charge in [-0.15, -0.1) is 0 Å². The average Bonchev–Trinajstić information content (AvgIpc) is 2.71. The number of esters is 1. The normalized spacial score (nSPS) is 11.8. The van der Waals surface area contributed by atoms with Gasteiger partial charge in [-0.1, -0.05) is 42.5 Å². The molecule has 0 spiro atoms. The first-order valence-corrected chi connectivity index (χ1v) is 9.19. The van der Waals surface area contributed by atoms with Crippen molar-refractivity contribution in [3.63, 3.8) is 0 Å². The van der Waals surface area contributed by atoms with Gasteiger partial charge in [0.25, 0.3) is 0 Å². The fourth-order valence-corrected chi connectivity index (χ4v) is 3.24. The highest BCUT2D eigenvalue weighted by molar-refractivity contribution is 5.99. The van der Waals surface area contributed by atoms with Gasteiger partial charge in [-0.05, 0) is 53.4 Å². The van der Waals surface area contributed by atoms with Crippen LogP contribution in [-0.2, 0) is 16.0 Å². The zero-order valence-corrected chi connectivity index (χ0v) is 16.1. The number of methoxy groups -OCH3 is 1. The molecule has 3 aromatic carbocycles. The van der Waals surface area contributed by atoms with Crippen molar-refractivity contribution in [2.75, 3.05) is 13.7 Å². The molecule has 28 heavy (non-hydrogen) atoms. The standard InChI is InChI=1S/C23H24N2O3/c1-3-28-23(26)21(17-8-10-20(27-2)11-9-17)13-15-4-5-16-6-7-18(22(24)25)14-19(16)12-15/h4-12,14,21H,3,13H2,1-2H3,(H3,24,25). The third kappa shape index (κ3) is 4.31. The van der Waals surface area contributed by atoms with Gasteiger partial charge in [-0.2, -0.15) is 0 Å². The Kier molecular flexibility index (Phi) is 5.94. The number of hydrogen-bond donors (Lipinski definition) is 2. The molecule has 0 aliphatic carbocycles. The van der Waals surface area contributed by atoms with Crippen molar-refractivity contribution in [3.05, 3.63) is 77.4 Å². The van der Waals surface area contributed by atoms with E-state index in [1.54, 1.807) is 7.11 Å². The summed E-state index contributed by atoms with van der Waals surface area (Å²) in [6, 6.07) is 19.2. The summed E-state index contributed by atoms with van der Waals surface area (Å²) >= 11 is 0. The van der Waals surface area contributed by atoms with Gasteiger partial charge < -0.3 is 15.2 Å². The Bertz CT molecular complexity index is 996. The quantitative estimate of drug-likeness (QED) is 0.370. The van der Waals surface area contributed by atoms with Crippen molar-refractivity contribution in [1.82, 2.24) is 0 Å². The Morgan fingerprint density at radius 1 is 1.04 bits per heavy atom. The predicted molar refractivity (Wildman–Crippen MR) is 111 cm³/mol. The molecule has 0 amide bonds. The van der Waals surface area contributed by atoms with Gasteiger partial charge >= 0.3 is 5.97 Å². The maximum atomic E-state index is 12.6. The highest BCUT2D eigenvalue weighted by atomic mass is 16.5. The fraction of sp³-hybridized carbons (Fsp3) is 0.217. The number of nitrogen functional groups attached to an aromatic ring is 1. The number of amidine groups is 1. The average molecular weight is 376 g/mol. The molecule has 0 aliphatic rings. The number of hydrogen-bond acceptors (Lipinski definition) is 4. The van der Waals surface area contributed by atoms with Gasteiger partial charge in [-0.3, -0.25) is 10.2 Å². The van der Waals surface area contributed by atoms with Crippen molar-refractivity contribution in [2.24, 2.45) is 5.73 Å². The van der Waals surface area contributed by atoms with Gasteiger partial charge in [-0.25, -0.2) is 0 Å². The van der Waals surface area contributed by atoms with Crippen LogP contribution >= 0.6 is 0 Å². The maximum Gasteiger partial charge on any atom is 0.313 e. The molecule has 0 fully saturated rings. The largest absolute Gasteiger partial charge is 0.497 e. The Labute approximate surface area is 164 Å². The van der Waals surface area contributed by atoms with Crippen LogP contribution in [0.2, 0.25) is 0 Å². The molecule has 0 aliphatic heterocycles. The van der Waals surface area contributed by atoms with E-state index in [1.165, 1.54) is 0 Å². The molecule has 0 aromatic heterocycles. The molecule has 5 nitrogen and oxygen atoms in total. The summed E-state index contributed by atoms with van der Waals surface area (Å²) in [6.45, 7) is 2.15. The number of rotatable bonds is 7. The lowest BCUT2D eigenvalue weighted by Crippen LogP contribution is -2.18. The molecule has 144 valence electrons. The van der Waals surface area contributed by atoms with Crippen LogP contribution in [0.3, 0.4) is 0 Å². The van der Waals surface area contributed by atoms with Crippen LogP contribution in [0.5, 0.6) is 5.75 Å². The molecule has 3 N–H and O–H groups in total. The lowest BCUT2D eigenvalue weighted by molar-refractivity contribution is -0.144. The Morgan fingerprint density at radius 3 is 2.39 bits per heavy atom. The third-order valence-corrected chi connectivity index (χ3v) is 4.74. The fourth-order valence-electron chi connectivity index (χ4n) is 3.24. The third-order valence-electron chi connectivity index (χ3n) is 4.74. The highest BCUT2D eigenvalue weighted by Crippen LogP contribution is 2.27. The van der Waals surface area contributed by atoms with E-state index < -0.39 is 5.92 Å². The minimum atomic E-state index is -0.403. The number of benzene rings is 3. The predicted octanol–water partition coefficient (Wildman–Crippen LogP) is 4.02. The first-order valence-electron chi connectivity index (χ1n) is 9.19. The van der Waals surface area contributed by atoms with Crippen molar-refractivity contribution >= 4 is 22.6 Å². The number of carbonyl (C=O) groups excluding carboxylic acids is 1. The second-order valence-corrected chi connectivity index (χ2v) is 6.59. The van der Waals surface area contributed by atoms with E-state index in [0.717, 1.165) is 27.6 Å². The van der Waals surface area contributed by atoms with E-state index in [0.29, 0.717) is 18.6 Å². The lowest BCUT2D eigenvalue weighted by Gasteiger charge is -2.17. The van der Waals surface area contributed by atoms with Gasteiger partial charge in [0, 0.05) is 5.56 Å². The lowest BCUT2D eigenvalue weighted by atomic mass is 9.91. The van der Waals surface area contributed by atoms with Crippen LogP contribution in [0.15, 0.2) is 60.7 Å². The molecule has 5 heteroatoms. The van der Waals surface area contributed by atoms with Crippen LogP contribution < -0.4 is 10.5 Å². The molecule has 0 saturated carbocycles. The van der Waals surface area contributed by atoms with E-state index in [9.17, 15) is 4.79 Å². The molecular weight excluding hydrogens is 352 g/mol. The van der Waals surface area contributed by atoms with Crippen LogP contribution in [0.25, 0.3) is 10.8 Å². The maximum absolute atomic E-state index is 12.6. The highest BCUT2D eigenvalue weighted by Gasteiger charge is 2.22. The summed E-state index contributed by atoms with van der Waals surface area (Å²) in [6.07, 6.45) is 0.519. The summed E-state index contributed by atoms with van der Waals surface area (Å²) in [4.78, 5) is 12.6. The summed E-state index contributed by atoms with van der Waals surface area (Å²) in [7, 11) is 1.61. The minimum absolute atomic E-state index is 0.0370. The van der Waals surface area contributed by atoms with Crippen LogP contribution in [0, 0.1) is 5.41 Å². The van der Waals surface area contributed by atoms with Crippen molar-refractivity contribution < 1.29 is 14.3 Å². The molecule has 3 aromatic rings. The zero-order chi connectivity index (χ0) is 20.1. The molecule has 0 heterocycles. The smallest absolute Gasteiger partial charge is 0.313 e. The Morgan fingerprint density at radius 2 is 1.75 bits per heavy atom. The monoisotopic (exact) mass is 376 g/mol. The van der Waals surface area contributed by atoms with Crippen molar-refractivity contribution in [3.8, 4) is 5.75 Å². The van der Waals surface area contributed by atoms with Crippen molar-refractivity contribution in [1.29, 1.82) is 5.41 Å². The minimum Gasteiger partial charge on any atom is -0.497 e. The SMILES string of the molecule is CCOC(=O)C(Cc1ccc2ccc(C(=N)N)cc2c1)c1ccc(OC)cc1. The van der Waals surface area contributed by atoms with E-state index in [-0.39, 0.29) is 11.8 Å². The van der Waals surface area contributed by atoms with Gasteiger partial charge in [0.2, 0.25) is 0 Å². The molecule has 0 bridgehead atoms. The first-order chi connectivity index (χ1) is 13.5. The first kappa shape index (κ1) is 19.4. The molecule has 0 radical (unpaired) electrons. The molecule has 3 rings (SSSR count). The van der Waals surface area contributed by atoms with Crippen LogP contribution in [0.4, 0.5) is 0 Å². The van der Waals surface area contributed by atoms with E-state index in [1.807, 2.05) is 67.6 Å².